The lowest BCUT2D eigenvalue weighted by atomic mass is 10.2. The van der Waals surface area contributed by atoms with Gasteiger partial charge in [-0.25, -0.2) is 4.98 Å². The summed E-state index contributed by atoms with van der Waals surface area (Å²) in [6, 6.07) is 10.3. The summed E-state index contributed by atoms with van der Waals surface area (Å²) in [4.78, 5) is 4.53. The summed E-state index contributed by atoms with van der Waals surface area (Å²) < 4.78 is 2.18. The van der Waals surface area contributed by atoms with Crippen LogP contribution in [0.4, 0.5) is 0 Å². The third kappa shape index (κ3) is 2.85. The van der Waals surface area contributed by atoms with Gasteiger partial charge < -0.3 is 4.57 Å². The maximum atomic E-state index is 8.87. The molecule has 1 aromatic carbocycles. The van der Waals surface area contributed by atoms with Crippen molar-refractivity contribution >= 4 is 23.7 Å². The zero-order chi connectivity index (χ0) is 12.8. The lowest BCUT2D eigenvalue weighted by Gasteiger charge is -2.07. The maximum Gasteiger partial charge on any atom is 0.124 e. The van der Waals surface area contributed by atoms with Crippen molar-refractivity contribution in [2.75, 3.05) is 5.75 Å². The molecular formula is C14H17N3S. The molecule has 0 atom stereocenters. The first kappa shape index (κ1) is 13.0. The monoisotopic (exact) mass is 259 g/mol. The van der Waals surface area contributed by atoms with Gasteiger partial charge in [0.25, 0.3) is 0 Å². The first-order valence-corrected chi connectivity index (χ1v) is 6.92. The van der Waals surface area contributed by atoms with Crippen molar-refractivity contribution in [3.63, 3.8) is 0 Å². The van der Waals surface area contributed by atoms with Crippen LogP contribution in [0.2, 0.25) is 0 Å². The number of unbranched alkanes of at least 4 members (excludes halogenated alkanes) is 2. The highest BCUT2D eigenvalue weighted by atomic mass is 32.1. The van der Waals surface area contributed by atoms with Crippen molar-refractivity contribution in [3.05, 3.63) is 30.1 Å². The normalized spacial score (nSPS) is 10.7. The van der Waals surface area contributed by atoms with E-state index in [0.29, 0.717) is 6.42 Å². The Labute approximate surface area is 113 Å². The highest BCUT2D eigenvalue weighted by molar-refractivity contribution is 7.80. The van der Waals surface area contributed by atoms with Crippen LogP contribution in [0.15, 0.2) is 24.3 Å². The van der Waals surface area contributed by atoms with Gasteiger partial charge in [0.2, 0.25) is 0 Å². The third-order valence-electron chi connectivity index (χ3n) is 3.01. The predicted octanol–water partition coefficient (Wildman–Crippen LogP) is 3.20. The van der Waals surface area contributed by atoms with Crippen LogP contribution in [-0.4, -0.2) is 15.3 Å². The van der Waals surface area contributed by atoms with Crippen LogP contribution in [0.1, 0.15) is 25.1 Å². The first-order chi connectivity index (χ1) is 8.86. The second-order valence-electron chi connectivity index (χ2n) is 4.29. The average Bonchev–Trinajstić information content (AvgIpc) is 2.73. The Morgan fingerprint density at radius 2 is 2.06 bits per heavy atom. The summed E-state index contributed by atoms with van der Waals surface area (Å²) in [6.07, 6.45) is 3.80. The molecule has 0 aliphatic rings. The Balaban J connectivity index is 2.22. The van der Waals surface area contributed by atoms with Crippen LogP contribution >= 0.6 is 12.6 Å². The summed E-state index contributed by atoms with van der Waals surface area (Å²) in [5, 5.41) is 8.87. The standard InChI is InChI=1S/C14H17N3S/c15-9-8-14-16-12-6-2-3-7-13(12)17(14)10-4-1-5-11-18/h2-3,6-7,18H,1,4-5,8,10-11H2. The van der Waals surface area contributed by atoms with Gasteiger partial charge in [-0.1, -0.05) is 18.6 Å². The molecule has 0 radical (unpaired) electrons. The van der Waals surface area contributed by atoms with Crippen LogP contribution in [-0.2, 0) is 13.0 Å². The van der Waals surface area contributed by atoms with E-state index in [9.17, 15) is 0 Å². The molecule has 1 aromatic heterocycles. The molecule has 2 aromatic rings. The number of rotatable bonds is 6. The number of nitriles is 1. The molecule has 0 aliphatic carbocycles. The minimum atomic E-state index is 0.376. The lowest BCUT2D eigenvalue weighted by molar-refractivity contribution is 0.600. The smallest absolute Gasteiger partial charge is 0.124 e. The van der Waals surface area contributed by atoms with Gasteiger partial charge in [0.1, 0.15) is 5.82 Å². The van der Waals surface area contributed by atoms with Crippen LogP contribution in [0.3, 0.4) is 0 Å². The van der Waals surface area contributed by atoms with Gasteiger partial charge in [0, 0.05) is 6.54 Å². The quantitative estimate of drug-likeness (QED) is 0.639. The number of fused-ring (bicyclic) bond motifs is 1. The molecule has 0 fully saturated rings. The van der Waals surface area contributed by atoms with Crippen LogP contribution in [0, 0.1) is 11.3 Å². The van der Waals surface area contributed by atoms with Crippen LogP contribution < -0.4 is 0 Å². The number of aryl methyl sites for hydroxylation is 1. The predicted molar refractivity (Wildman–Crippen MR) is 76.8 cm³/mol. The van der Waals surface area contributed by atoms with E-state index in [1.165, 1.54) is 6.42 Å². The van der Waals surface area contributed by atoms with Crippen molar-refractivity contribution < 1.29 is 0 Å². The lowest BCUT2D eigenvalue weighted by Crippen LogP contribution is -2.03. The summed E-state index contributed by atoms with van der Waals surface area (Å²) in [5.74, 6) is 1.82. The number of thiol groups is 1. The number of imidazole rings is 1. The van der Waals surface area contributed by atoms with Gasteiger partial charge in [-0.05, 0) is 30.7 Å². The fourth-order valence-electron chi connectivity index (χ4n) is 2.14. The minimum Gasteiger partial charge on any atom is -0.327 e. The topological polar surface area (TPSA) is 41.6 Å². The summed E-state index contributed by atoms with van der Waals surface area (Å²) >= 11 is 4.22. The van der Waals surface area contributed by atoms with E-state index in [1.54, 1.807) is 0 Å². The molecule has 18 heavy (non-hydrogen) atoms. The molecule has 0 bridgehead atoms. The molecule has 0 aliphatic heterocycles. The highest BCUT2D eigenvalue weighted by Gasteiger charge is 2.09. The fraction of sp³-hybridized carbons (Fsp3) is 0.429. The number of para-hydroxylation sites is 2. The highest BCUT2D eigenvalue weighted by Crippen LogP contribution is 2.17. The molecule has 1 heterocycles. The van der Waals surface area contributed by atoms with Crippen molar-refractivity contribution in [2.24, 2.45) is 0 Å². The van der Waals surface area contributed by atoms with E-state index in [0.717, 1.165) is 42.0 Å². The van der Waals surface area contributed by atoms with Gasteiger partial charge in [-0.2, -0.15) is 17.9 Å². The van der Waals surface area contributed by atoms with E-state index in [4.69, 9.17) is 5.26 Å². The van der Waals surface area contributed by atoms with Gasteiger partial charge in [0.05, 0.1) is 23.5 Å². The van der Waals surface area contributed by atoms with Gasteiger partial charge >= 0.3 is 0 Å². The summed E-state index contributed by atoms with van der Waals surface area (Å²) in [6.45, 7) is 0.936. The van der Waals surface area contributed by atoms with E-state index in [2.05, 4.69) is 34.3 Å². The van der Waals surface area contributed by atoms with Crippen LogP contribution in [0.25, 0.3) is 11.0 Å². The van der Waals surface area contributed by atoms with Crippen molar-refractivity contribution in [3.8, 4) is 6.07 Å². The van der Waals surface area contributed by atoms with Gasteiger partial charge in [0.15, 0.2) is 0 Å². The number of nitrogens with zero attached hydrogens (tertiary/aromatic N) is 3. The Bertz CT molecular complexity index is 554. The molecule has 0 unspecified atom stereocenters. The van der Waals surface area contributed by atoms with E-state index in [1.807, 2.05) is 18.2 Å². The Kier molecular flexibility index (Phi) is 4.66. The SMILES string of the molecule is N#CCc1nc2ccccc2n1CCCCCS. The van der Waals surface area contributed by atoms with E-state index >= 15 is 0 Å². The second kappa shape index (κ2) is 6.46. The Morgan fingerprint density at radius 3 is 2.83 bits per heavy atom. The molecule has 3 nitrogen and oxygen atoms in total. The van der Waals surface area contributed by atoms with Gasteiger partial charge in [-0.3, -0.25) is 0 Å². The van der Waals surface area contributed by atoms with E-state index < -0.39 is 0 Å². The third-order valence-corrected chi connectivity index (χ3v) is 3.33. The molecule has 2 rings (SSSR count). The minimum absolute atomic E-state index is 0.376. The average molecular weight is 259 g/mol. The van der Waals surface area contributed by atoms with E-state index in [-0.39, 0.29) is 0 Å². The molecular weight excluding hydrogens is 242 g/mol. The summed E-state index contributed by atoms with van der Waals surface area (Å²) in [7, 11) is 0. The molecule has 0 amide bonds. The zero-order valence-electron chi connectivity index (χ0n) is 10.3. The van der Waals surface area contributed by atoms with Crippen LogP contribution in [0.5, 0.6) is 0 Å². The molecule has 0 N–H and O–H groups in total. The summed E-state index contributed by atoms with van der Waals surface area (Å²) in [5.41, 5.74) is 2.12. The molecule has 94 valence electrons. The second-order valence-corrected chi connectivity index (χ2v) is 4.73. The first-order valence-electron chi connectivity index (χ1n) is 6.28. The largest absolute Gasteiger partial charge is 0.327 e. The van der Waals surface area contributed by atoms with Gasteiger partial charge in [-0.15, -0.1) is 0 Å². The number of hydrogen-bond donors (Lipinski definition) is 1. The molecule has 0 saturated heterocycles. The number of hydrogen-bond acceptors (Lipinski definition) is 3. The molecule has 4 heteroatoms. The fourth-order valence-corrected chi connectivity index (χ4v) is 2.36. The van der Waals surface area contributed by atoms with Crippen molar-refractivity contribution in [1.82, 2.24) is 9.55 Å². The zero-order valence-corrected chi connectivity index (χ0v) is 11.2. The Hall–Kier alpha value is -1.47. The molecule has 0 saturated carbocycles. The number of benzene rings is 1. The van der Waals surface area contributed by atoms with Crippen molar-refractivity contribution in [2.45, 2.75) is 32.2 Å². The number of aromatic nitrogens is 2. The maximum absolute atomic E-state index is 8.87. The van der Waals surface area contributed by atoms with Crippen molar-refractivity contribution in [1.29, 1.82) is 5.26 Å². The Morgan fingerprint density at radius 1 is 1.22 bits per heavy atom. The molecule has 0 spiro atoms.